The number of benzene rings is 3. The Kier molecular flexibility index (Phi) is 7.32. The van der Waals surface area contributed by atoms with Crippen LogP contribution in [0.3, 0.4) is 0 Å². The van der Waals surface area contributed by atoms with E-state index in [-0.39, 0.29) is 28.5 Å². The molecule has 6 rings (SSSR count). The number of aliphatic carboxylic acids is 1. The molecule has 210 valence electrons. The number of hydrogen-bond acceptors (Lipinski definition) is 6. The molecule has 1 aromatic heterocycles. The molecule has 1 fully saturated rings. The Morgan fingerprint density at radius 1 is 1.10 bits per heavy atom. The highest BCUT2D eigenvalue weighted by Crippen LogP contribution is 2.47. The topological polar surface area (TPSA) is 116 Å². The number of halogens is 3. The maximum absolute atomic E-state index is 15.2. The first kappa shape index (κ1) is 27.5. The Morgan fingerprint density at radius 2 is 1.90 bits per heavy atom. The number of rotatable bonds is 8. The molecule has 0 amide bonds. The third-order valence-electron chi connectivity index (χ3n) is 7.06. The lowest BCUT2D eigenvalue weighted by Gasteiger charge is -2.16. The van der Waals surface area contributed by atoms with Crippen LogP contribution in [0.4, 0.5) is 13.2 Å². The predicted molar refractivity (Wildman–Crippen MR) is 150 cm³/mol. The van der Waals surface area contributed by atoms with E-state index in [1.54, 1.807) is 22.9 Å². The van der Waals surface area contributed by atoms with Crippen LogP contribution >= 0.6 is 11.8 Å². The molecule has 4 aromatic rings. The van der Waals surface area contributed by atoms with Crippen molar-refractivity contribution in [3.05, 3.63) is 106 Å². The van der Waals surface area contributed by atoms with Gasteiger partial charge in [-0.2, -0.15) is 5.10 Å². The minimum absolute atomic E-state index is 0.0342. The van der Waals surface area contributed by atoms with Crippen molar-refractivity contribution in [3.63, 3.8) is 0 Å². The first-order valence-corrected chi connectivity index (χ1v) is 14.8. The van der Waals surface area contributed by atoms with Crippen molar-refractivity contribution in [2.75, 3.05) is 0 Å². The van der Waals surface area contributed by atoms with Gasteiger partial charge in [0.15, 0.2) is 10.4 Å². The number of aromatic nitrogens is 2. The van der Waals surface area contributed by atoms with E-state index in [1.807, 2.05) is 0 Å². The summed E-state index contributed by atoms with van der Waals surface area (Å²) in [5.41, 5.74) is 2.88. The molecule has 2 heterocycles. The first-order chi connectivity index (χ1) is 19.7. The normalized spacial score (nSPS) is 17.3. The average Bonchev–Trinajstić information content (AvgIpc) is 3.52. The summed E-state index contributed by atoms with van der Waals surface area (Å²) in [6.45, 7) is 0. The summed E-state index contributed by atoms with van der Waals surface area (Å²) >= 11 is -0.593. The van der Waals surface area contributed by atoms with Gasteiger partial charge in [-0.15, -0.1) is 5.14 Å². The van der Waals surface area contributed by atoms with E-state index in [0.717, 1.165) is 24.6 Å². The lowest BCUT2D eigenvalue weighted by atomic mass is 9.95. The van der Waals surface area contributed by atoms with E-state index in [9.17, 15) is 23.2 Å². The Balaban J connectivity index is 1.50. The maximum Gasteiger partial charge on any atom is 0.352 e. The number of thioether (sulfide) groups is 1. The second kappa shape index (κ2) is 10.9. The van der Waals surface area contributed by atoms with Crippen molar-refractivity contribution < 1.29 is 27.6 Å². The zero-order valence-corrected chi connectivity index (χ0v) is 22.9. The number of nitrogens with two attached hydrogens (primary N) is 1. The quantitative estimate of drug-likeness (QED) is 0.220. The van der Waals surface area contributed by atoms with Gasteiger partial charge in [0.1, 0.15) is 23.1 Å². The highest BCUT2D eigenvalue weighted by atomic mass is 32.2. The molecule has 2 atom stereocenters. The Bertz CT molecular complexity index is 1700. The van der Waals surface area contributed by atoms with Gasteiger partial charge in [0, 0.05) is 46.2 Å². The molecule has 0 saturated heterocycles. The van der Waals surface area contributed by atoms with Gasteiger partial charge in [0.2, 0.25) is 0 Å². The molecule has 3 aromatic carbocycles. The molecule has 0 spiro atoms. The molecule has 0 radical (unpaired) electrons. The van der Waals surface area contributed by atoms with Crippen LogP contribution in [0.5, 0.6) is 0 Å². The summed E-state index contributed by atoms with van der Waals surface area (Å²) in [5.74, 6) is -2.61. The number of carboxylic acids is 1. The smallest absolute Gasteiger partial charge is 0.352 e. The standard InChI is InChI=1S/C29H23F3N4O3S2/c30-19-3-1-2-16(10-19)21-12-18(7-9-23(21)31)26-22(11-17-6-8-20(41(33)39)13-24(17)32)27(15-4-5-15)36(35-26)29-34-25(14-40-29)28(37)38/h1-3,6-10,12-15,29,34H,4-5,11,33H2,(H,37,38). The fourth-order valence-corrected chi connectivity index (χ4v) is 6.28. The molecular weight excluding hydrogens is 573 g/mol. The second-order valence-corrected chi connectivity index (χ2v) is 11.9. The van der Waals surface area contributed by atoms with Crippen LogP contribution in [-0.4, -0.2) is 25.4 Å². The van der Waals surface area contributed by atoms with Crippen LogP contribution in [0.25, 0.3) is 22.4 Å². The minimum atomic E-state index is -1.84. The zero-order valence-electron chi connectivity index (χ0n) is 21.3. The summed E-state index contributed by atoms with van der Waals surface area (Å²) in [4.78, 5) is 11.7. The van der Waals surface area contributed by atoms with Crippen molar-refractivity contribution >= 4 is 29.1 Å². The molecular formula is C29H23F3N4O3S2. The van der Waals surface area contributed by atoms with Gasteiger partial charge in [-0.3, -0.25) is 0 Å². The lowest BCUT2D eigenvalue weighted by Crippen LogP contribution is -2.25. The van der Waals surface area contributed by atoms with Gasteiger partial charge in [-0.25, -0.2) is 22.6 Å². The molecule has 12 heteroatoms. The summed E-state index contributed by atoms with van der Waals surface area (Å²) in [5, 5.41) is 24.3. The number of nitrogens with one attached hydrogen (secondary N) is 1. The highest BCUT2D eigenvalue weighted by Gasteiger charge is 2.37. The molecule has 2 unspecified atom stereocenters. The van der Waals surface area contributed by atoms with E-state index >= 15 is 4.39 Å². The molecule has 4 N–H and O–H groups in total. The molecule has 0 bridgehead atoms. The zero-order chi connectivity index (χ0) is 28.8. The van der Waals surface area contributed by atoms with Crippen molar-refractivity contribution in [3.8, 4) is 22.4 Å². The van der Waals surface area contributed by atoms with E-state index < -0.39 is 40.3 Å². The average molecular weight is 597 g/mol. The van der Waals surface area contributed by atoms with Gasteiger partial charge in [0.25, 0.3) is 0 Å². The van der Waals surface area contributed by atoms with Gasteiger partial charge in [0.05, 0.1) is 17.1 Å². The summed E-state index contributed by atoms with van der Waals surface area (Å²) in [6, 6.07) is 14.2. The van der Waals surface area contributed by atoms with E-state index in [0.29, 0.717) is 27.9 Å². The molecule has 1 saturated carbocycles. The van der Waals surface area contributed by atoms with E-state index in [2.05, 4.69) is 5.32 Å². The fourth-order valence-electron chi connectivity index (χ4n) is 4.96. The van der Waals surface area contributed by atoms with Gasteiger partial charge in [-0.1, -0.05) is 30.0 Å². The number of hydrogen-bond donors (Lipinski definition) is 3. The van der Waals surface area contributed by atoms with Crippen molar-refractivity contribution in [1.82, 2.24) is 15.1 Å². The van der Waals surface area contributed by atoms with Crippen molar-refractivity contribution in [1.29, 1.82) is 0 Å². The largest absolute Gasteiger partial charge is 0.593 e. The van der Waals surface area contributed by atoms with Crippen LogP contribution < -0.4 is 10.5 Å². The van der Waals surface area contributed by atoms with E-state index in [1.165, 1.54) is 53.6 Å². The molecule has 2 aliphatic rings. The van der Waals surface area contributed by atoms with Crippen LogP contribution in [0.15, 0.2) is 76.7 Å². The molecule has 41 heavy (non-hydrogen) atoms. The van der Waals surface area contributed by atoms with Crippen LogP contribution in [0.2, 0.25) is 0 Å². The Hall–Kier alpha value is -3.71. The fraction of sp³-hybridized carbons (Fsp3) is 0.172. The third-order valence-corrected chi connectivity index (χ3v) is 8.73. The van der Waals surface area contributed by atoms with Gasteiger partial charge < -0.3 is 15.0 Å². The second-order valence-electron chi connectivity index (χ2n) is 9.83. The Morgan fingerprint density at radius 3 is 2.56 bits per heavy atom. The molecule has 1 aliphatic carbocycles. The highest BCUT2D eigenvalue weighted by molar-refractivity contribution is 8.02. The number of nitrogens with zero attached hydrogens (tertiary/aromatic N) is 2. The van der Waals surface area contributed by atoms with Crippen LogP contribution in [0.1, 0.15) is 41.1 Å². The maximum atomic E-state index is 15.2. The predicted octanol–water partition coefficient (Wildman–Crippen LogP) is 5.80. The summed E-state index contributed by atoms with van der Waals surface area (Å²) in [6.07, 6.45) is 1.87. The first-order valence-electron chi connectivity index (χ1n) is 12.7. The Labute approximate surface area is 240 Å². The number of carboxylic acid groups (broad SMARTS) is 1. The van der Waals surface area contributed by atoms with Crippen LogP contribution in [-0.2, 0) is 22.6 Å². The SMILES string of the molecule is N[S+]([O-])c1ccc(Cc2c(-c3ccc(F)c(-c4cccc(F)c4)c3)nn(C3NC(C(=O)O)=CS3)c2C2CC2)c(F)c1. The summed E-state index contributed by atoms with van der Waals surface area (Å²) in [7, 11) is 0. The third kappa shape index (κ3) is 5.47. The van der Waals surface area contributed by atoms with Gasteiger partial charge >= 0.3 is 5.97 Å². The molecule has 1 aliphatic heterocycles. The van der Waals surface area contributed by atoms with Crippen LogP contribution in [0, 0.1) is 17.5 Å². The monoisotopic (exact) mass is 596 g/mol. The number of carbonyl (C=O) groups is 1. The van der Waals surface area contributed by atoms with Gasteiger partial charge in [-0.05, 0) is 60.4 Å². The van der Waals surface area contributed by atoms with Crippen molar-refractivity contribution in [2.45, 2.75) is 35.6 Å². The van der Waals surface area contributed by atoms with E-state index in [4.69, 9.17) is 10.2 Å². The molecule has 7 nitrogen and oxygen atoms in total. The van der Waals surface area contributed by atoms with Crippen molar-refractivity contribution in [2.24, 2.45) is 5.14 Å². The lowest BCUT2D eigenvalue weighted by molar-refractivity contribution is -0.133. The summed E-state index contributed by atoms with van der Waals surface area (Å²) < 4.78 is 57.6. The minimum Gasteiger partial charge on any atom is -0.593 e.